The fraction of sp³-hybridized carbons (Fsp3) is 0.263. The number of benzene rings is 2. The van der Waals surface area contributed by atoms with Crippen molar-refractivity contribution >= 4 is 40.8 Å². The molecule has 0 aliphatic heterocycles. The predicted octanol–water partition coefficient (Wildman–Crippen LogP) is 4.20. The van der Waals surface area contributed by atoms with Crippen LogP contribution in [0.4, 0.5) is 5.69 Å². The van der Waals surface area contributed by atoms with E-state index < -0.39 is 18.0 Å². The minimum absolute atomic E-state index is 0.0873. The molecule has 0 fully saturated rings. The minimum Gasteiger partial charge on any atom is -0.496 e. The number of halogens is 2. The van der Waals surface area contributed by atoms with Gasteiger partial charge in [-0.2, -0.15) is 0 Å². The highest BCUT2D eigenvalue weighted by atomic mass is 35.5. The number of ether oxygens (including phenoxy) is 4. The summed E-state index contributed by atoms with van der Waals surface area (Å²) in [5, 5.41) is 3.28. The second-order valence-corrected chi connectivity index (χ2v) is 6.41. The van der Waals surface area contributed by atoms with Crippen molar-refractivity contribution in [2.24, 2.45) is 0 Å². The van der Waals surface area contributed by atoms with Crippen LogP contribution in [-0.4, -0.2) is 39.3 Å². The van der Waals surface area contributed by atoms with Crippen molar-refractivity contribution in [2.75, 3.05) is 26.6 Å². The van der Waals surface area contributed by atoms with E-state index in [9.17, 15) is 9.59 Å². The van der Waals surface area contributed by atoms with Crippen LogP contribution in [0.1, 0.15) is 17.3 Å². The number of nitrogens with one attached hydrogen (secondary N) is 1. The lowest BCUT2D eigenvalue weighted by Crippen LogP contribution is -2.30. The zero-order valence-corrected chi connectivity index (χ0v) is 17.2. The van der Waals surface area contributed by atoms with Gasteiger partial charge in [0.05, 0.1) is 32.0 Å². The van der Waals surface area contributed by atoms with E-state index in [4.69, 9.17) is 42.1 Å². The van der Waals surface area contributed by atoms with Crippen LogP contribution in [0, 0.1) is 0 Å². The molecule has 0 aliphatic carbocycles. The summed E-state index contributed by atoms with van der Waals surface area (Å²) in [6, 6.07) is 7.53. The van der Waals surface area contributed by atoms with Gasteiger partial charge in [-0.05, 0) is 25.1 Å². The molecule has 0 aliphatic rings. The molecule has 0 heterocycles. The van der Waals surface area contributed by atoms with Crippen molar-refractivity contribution < 1.29 is 28.5 Å². The van der Waals surface area contributed by atoms with Gasteiger partial charge in [-0.3, -0.25) is 4.79 Å². The first-order valence-corrected chi connectivity index (χ1v) is 8.83. The molecule has 1 atom stereocenters. The summed E-state index contributed by atoms with van der Waals surface area (Å²) in [5.74, 6) is -0.393. The number of amides is 1. The molecular weight excluding hydrogens is 409 g/mol. The molecule has 0 radical (unpaired) electrons. The molecule has 0 bridgehead atoms. The normalized spacial score (nSPS) is 11.4. The third kappa shape index (κ3) is 4.99. The Balaban J connectivity index is 2.16. The topological polar surface area (TPSA) is 83.1 Å². The summed E-state index contributed by atoms with van der Waals surface area (Å²) in [6.45, 7) is 1.43. The van der Waals surface area contributed by atoms with Gasteiger partial charge >= 0.3 is 5.97 Å². The Kier molecular flexibility index (Phi) is 7.37. The highest BCUT2D eigenvalue weighted by Gasteiger charge is 2.24. The minimum atomic E-state index is -1.10. The number of anilines is 1. The van der Waals surface area contributed by atoms with Crippen LogP contribution in [0.2, 0.25) is 10.0 Å². The van der Waals surface area contributed by atoms with E-state index in [-0.39, 0.29) is 16.3 Å². The fourth-order valence-corrected chi connectivity index (χ4v) is 2.75. The molecular formula is C19H19Cl2NO6. The van der Waals surface area contributed by atoms with E-state index in [1.165, 1.54) is 46.5 Å². The molecule has 28 heavy (non-hydrogen) atoms. The molecule has 0 unspecified atom stereocenters. The molecule has 0 spiro atoms. The van der Waals surface area contributed by atoms with Crippen LogP contribution in [-0.2, 0) is 9.53 Å². The zero-order valence-electron chi connectivity index (χ0n) is 15.7. The van der Waals surface area contributed by atoms with Crippen molar-refractivity contribution in [1.82, 2.24) is 0 Å². The standard InChI is InChI=1S/C19H19Cl2NO6/c1-10(18(23)22-14-6-5-11(20)7-13(14)21)28-19(24)12-8-16(26-3)17(27-4)9-15(12)25-2/h5-10H,1-4H3,(H,22,23)/t10-/m1/s1. The molecule has 150 valence electrons. The third-order valence-corrected chi connectivity index (χ3v) is 4.32. The third-order valence-electron chi connectivity index (χ3n) is 3.77. The Morgan fingerprint density at radius 2 is 1.54 bits per heavy atom. The molecule has 2 aromatic rings. The monoisotopic (exact) mass is 427 g/mol. The first-order valence-electron chi connectivity index (χ1n) is 8.07. The smallest absolute Gasteiger partial charge is 0.342 e. The average molecular weight is 428 g/mol. The highest BCUT2D eigenvalue weighted by molar-refractivity contribution is 6.36. The molecule has 0 saturated carbocycles. The summed E-state index contributed by atoms with van der Waals surface area (Å²) in [7, 11) is 4.30. The average Bonchev–Trinajstić information content (AvgIpc) is 2.68. The molecule has 9 heteroatoms. The Bertz CT molecular complexity index is 887. The maximum Gasteiger partial charge on any atom is 0.342 e. The van der Waals surface area contributed by atoms with Gasteiger partial charge < -0.3 is 24.3 Å². The lowest BCUT2D eigenvalue weighted by Gasteiger charge is -2.17. The van der Waals surface area contributed by atoms with Gasteiger partial charge in [0.15, 0.2) is 17.6 Å². The molecule has 1 N–H and O–H groups in total. The van der Waals surface area contributed by atoms with E-state index in [2.05, 4.69) is 5.32 Å². The predicted molar refractivity (Wildman–Crippen MR) is 106 cm³/mol. The van der Waals surface area contributed by atoms with Gasteiger partial charge in [-0.1, -0.05) is 23.2 Å². The van der Waals surface area contributed by atoms with Crippen LogP contribution in [0.3, 0.4) is 0 Å². The van der Waals surface area contributed by atoms with E-state index >= 15 is 0 Å². The van der Waals surface area contributed by atoms with E-state index in [0.29, 0.717) is 22.2 Å². The van der Waals surface area contributed by atoms with Crippen LogP contribution >= 0.6 is 23.2 Å². The zero-order chi connectivity index (χ0) is 20.8. The molecule has 1 amide bonds. The van der Waals surface area contributed by atoms with E-state index in [1.54, 1.807) is 12.1 Å². The van der Waals surface area contributed by atoms with Gasteiger partial charge in [-0.15, -0.1) is 0 Å². The summed E-state index contributed by atoms with van der Waals surface area (Å²) in [4.78, 5) is 24.9. The van der Waals surface area contributed by atoms with Gasteiger partial charge in [0.25, 0.3) is 5.91 Å². The Hall–Kier alpha value is -2.64. The number of esters is 1. The van der Waals surface area contributed by atoms with Crippen molar-refractivity contribution in [3.05, 3.63) is 45.9 Å². The van der Waals surface area contributed by atoms with Crippen molar-refractivity contribution in [2.45, 2.75) is 13.0 Å². The largest absolute Gasteiger partial charge is 0.496 e. The van der Waals surface area contributed by atoms with Gasteiger partial charge in [-0.25, -0.2) is 4.79 Å². The highest BCUT2D eigenvalue weighted by Crippen LogP contribution is 2.35. The van der Waals surface area contributed by atoms with Crippen LogP contribution in [0.5, 0.6) is 17.2 Å². The summed E-state index contributed by atoms with van der Waals surface area (Å²) >= 11 is 11.9. The number of methoxy groups -OCH3 is 3. The lowest BCUT2D eigenvalue weighted by atomic mass is 10.1. The summed E-state index contributed by atoms with van der Waals surface area (Å²) in [5.41, 5.74) is 0.437. The SMILES string of the molecule is COc1cc(OC)c(C(=O)O[C@H](C)C(=O)Nc2ccc(Cl)cc2Cl)cc1OC. The van der Waals surface area contributed by atoms with Crippen LogP contribution < -0.4 is 19.5 Å². The molecule has 7 nitrogen and oxygen atoms in total. The van der Waals surface area contributed by atoms with Gasteiger partial charge in [0.1, 0.15) is 11.3 Å². The number of carbonyl (C=O) groups is 2. The Morgan fingerprint density at radius 1 is 0.929 bits per heavy atom. The quantitative estimate of drug-likeness (QED) is 0.666. The Labute approximate surface area is 172 Å². The fourth-order valence-electron chi connectivity index (χ4n) is 2.29. The van der Waals surface area contributed by atoms with Crippen molar-refractivity contribution in [3.63, 3.8) is 0 Å². The van der Waals surface area contributed by atoms with E-state index in [1.807, 2.05) is 0 Å². The van der Waals surface area contributed by atoms with E-state index in [0.717, 1.165) is 0 Å². The Morgan fingerprint density at radius 3 is 2.11 bits per heavy atom. The summed E-state index contributed by atoms with van der Waals surface area (Å²) in [6.07, 6.45) is -1.10. The van der Waals surface area contributed by atoms with Crippen molar-refractivity contribution in [3.8, 4) is 17.2 Å². The van der Waals surface area contributed by atoms with Crippen LogP contribution in [0.25, 0.3) is 0 Å². The van der Waals surface area contributed by atoms with Crippen LogP contribution in [0.15, 0.2) is 30.3 Å². The molecule has 2 aromatic carbocycles. The maximum absolute atomic E-state index is 12.5. The first-order chi connectivity index (χ1) is 13.3. The summed E-state index contributed by atoms with van der Waals surface area (Å²) < 4.78 is 20.8. The number of carbonyl (C=O) groups excluding carboxylic acids is 2. The molecule has 2 rings (SSSR count). The second kappa shape index (κ2) is 9.52. The first kappa shape index (κ1) is 21.7. The van der Waals surface area contributed by atoms with Gasteiger partial charge in [0, 0.05) is 17.2 Å². The number of hydrogen-bond donors (Lipinski definition) is 1. The number of hydrogen-bond acceptors (Lipinski definition) is 6. The second-order valence-electron chi connectivity index (χ2n) is 5.57. The molecule has 0 saturated heterocycles. The lowest BCUT2D eigenvalue weighted by molar-refractivity contribution is -0.123. The maximum atomic E-state index is 12.5. The van der Waals surface area contributed by atoms with Crippen molar-refractivity contribution in [1.29, 1.82) is 0 Å². The number of rotatable bonds is 7. The molecule has 0 aromatic heterocycles. The van der Waals surface area contributed by atoms with Gasteiger partial charge in [0.2, 0.25) is 0 Å².